The van der Waals surface area contributed by atoms with E-state index in [0.29, 0.717) is 12.1 Å². The maximum Gasteiger partial charge on any atom is 0.406 e. The number of amides is 1. The first kappa shape index (κ1) is 18.2. The highest BCUT2D eigenvalue weighted by Gasteiger charge is 2.32. The minimum Gasteiger partial charge on any atom is -0.330 e. The van der Waals surface area contributed by atoms with Crippen molar-refractivity contribution in [2.45, 2.75) is 19.0 Å². The van der Waals surface area contributed by atoms with Crippen molar-refractivity contribution in [3.05, 3.63) is 64.6 Å². The Morgan fingerprint density at radius 3 is 2.62 bits per heavy atom. The number of rotatable bonds is 7. The van der Waals surface area contributed by atoms with Crippen LogP contribution in [-0.4, -0.2) is 35.1 Å². The predicted molar refractivity (Wildman–Crippen MR) is 87.9 cm³/mol. The van der Waals surface area contributed by atoms with Crippen LogP contribution in [0.25, 0.3) is 0 Å². The van der Waals surface area contributed by atoms with Crippen LogP contribution >= 0.6 is 11.3 Å². The van der Waals surface area contributed by atoms with Gasteiger partial charge in [-0.2, -0.15) is 13.2 Å². The van der Waals surface area contributed by atoms with Gasteiger partial charge in [-0.15, -0.1) is 17.9 Å². The van der Waals surface area contributed by atoms with E-state index in [1.807, 2.05) is 30.3 Å². The van der Waals surface area contributed by atoms with Crippen molar-refractivity contribution in [3.63, 3.8) is 0 Å². The normalized spacial score (nSPS) is 11.3. The fourth-order valence-electron chi connectivity index (χ4n) is 2.18. The molecule has 0 spiro atoms. The molecule has 0 radical (unpaired) electrons. The quantitative estimate of drug-likeness (QED) is 0.708. The van der Waals surface area contributed by atoms with Gasteiger partial charge in [0.05, 0.1) is 17.1 Å². The summed E-state index contributed by atoms with van der Waals surface area (Å²) in [5.74, 6) is -0.608. The molecule has 0 saturated heterocycles. The first-order chi connectivity index (χ1) is 11.4. The van der Waals surface area contributed by atoms with Crippen molar-refractivity contribution < 1.29 is 18.0 Å². The topological polar surface area (TPSA) is 33.2 Å². The monoisotopic (exact) mass is 354 g/mol. The molecule has 7 heteroatoms. The molecule has 0 N–H and O–H groups in total. The van der Waals surface area contributed by atoms with Crippen LogP contribution in [0.15, 0.2) is 48.4 Å². The minimum absolute atomic E-state index is 0.140. The number of halogens is 3. The van der Waals surface area contributed by atoms with Crippen LogP contribution in [0.1, 0.15) is 16.3 Å². The Morgan fingerprint density at radius 1 is 1.29 bits per heavy atom. The number of alkyl halides is 3. The lowest BCUT2D eigenvalue weighted by molar-refractivity contribution is -0.159. The molecule has 1 aromatic heterocycles. The van der Waals surface area contributed by atoms with Gasteiger partial charge in [0.15, 0.2) is 0 Å². The first-order valence-electron chi connectivity index (χ1n) is 7.30. The van der Waals surface area contributed by atoms with Crippen LogP contribution in [0.4, 0.5) is 13.2 Å². The van der Waals surface area contributed by atoms with Crippen LogP contribution in [-0.2, 0) is 17.6 Å². The third-order valence-corrected chi connectivity index (χ3v) is 4.10. The van der Waals surface area contributed by atoms with E-state index in [9.17, 15) is 18.0 Å². The van der Waals surface area contributed by atoms with E-state index in [2.05, 4.69) is 11.6 Å². The lowest BCUT2D eigenvalue weighted by atomic mass is 10.2. The molecule has 3 nitrogen and oxygen atoms in total. The second-order valence-electron chi connectivity index (χ2n) is 5.25. The zero-order valence-corrected chi connectivity index (χ0v) is 13.7. The molecular formula is C17H17F3N2OS. The summed E-state index contributed by atoms with van der Waals surface area (Å²) in [5.41, 5.74) is 1.59. The third kappa shape index (κ3) is 5.81. The molecule has 0 saturated carbocycles. The second-order valence-corrected chi connectivity index (χ2v) is 6.19. The highest BCUT2D eigenvalue weighted by Crippen LogP contribution is 2.19. The molecule has 2 aromatic rings. The average Bonchev–Trinajstić information content (AvgIpc) is 2.93. The Hall–Kier alpha value is -2.15. The van der Waals surface area contributed by atoms with Crippen molar-refractivity contribution in [1.29, 1.82) is 0 Å². The van der Waals surface area contributed by atoms with Gasteiger partial charge in [-0.3, -0.25) is 4.79 Å². The van der Waals surface area contributed by atoms with Gasteiger partial charge < -0.3 is 4.90 Å². The summed E-state index contributed by atoms with van der Waals surface area (Å²) in [6, 6.07) is 9.72. The molecule has 0 bridgehead atoms. The summed E-state index contributed by atoms with van der Waals surface area (Å²) in [6.45, 7) is 1.98. The Bertz CT molecular complexity index is 683. The zero-order valence-electron chi connectivity index (χ0n) is 12.9. The van der Waals surface area contributed by atoms with Crippen LogP contribution in [0.3, 0.4) is 0 Å². The molecule has 2 rings (SSSR count). The van der Waals surface area contributed by atoms with Gasteiger partial charge in [-0.05, 0) is 5.56 Å². The lowest BCUT2D eigenvalue weighted by Crippen LogP contribution is -2.39. The average molecular weight is 354 g/mol. The van der Waals surface area contributed by atoms with Gasteiger partial charge in [0.25, 0.3) is 0 Å². The largest absolute Gasteiger partial charge is 0.406 e. The van der Waals surface area contributed by atoms with Gasteiger partial charge in [-0.25, -0.2) is 4.98 Å². The molecule has 1 amide bonds. The molecule has 128 valence electrons. The molecule has 0 aliphatic rings. The van der Waals surface area contributed by atoms with Crippen LogP contribution in [0.2, 0.25) is 0 Å². The number of carbonyl (C=O) groups excluding carboxylic acids is 1. The van der Waals surface area contributed by atoms with E-state index in [1.165, 1.54) is 17.4 Å². The summed E-state index contributed by atoms with van der Waals surface area (Å²) in [5, 5.41) is 2.55. The Kier molecular flexibility index (Phi) is 6.14. The number of hydrogen-bond donors (Lipinski definition) is 0. The predicted octanol–water partition coefficient (Wildman–Crippen LogP) is 3.85. The summed E-state index contributed by atoms with van der Waals surface area (Å²) in [7, 11) is 0. The van der Waals surface area contributed by atoms with E-state index in [-0.39, 0.29) is 13.0 Å². The maximum absolute atomic E-state index is 12.5. The first-order valence-corrected chi connectivity index (χ1v) is 8.18. The van der Waals surface area contributed by atoms with Gasteiger partial charge in [0.1, 0.15) is 6.54 Å². The molecule has 0 aliphatic heterocycles. The van der Waals surface area contributed by atoms with Gasteiger partial charge in [-0.1, -0.05) is 36.4 Å². The van der Waals surface area contributed by atoms with Crippen molar-refractivity contribution in [1.82, 2.24) is 9.88 Å². The third-order valence-electron chi connectivity index (χ3n) is 3.20. The molecule has 0 fully saturated rings. The summed E-state index contributed by atoms with van der Waals surface area (Å²) >= 11 is 1.40. The van der Waals surface area contributed by atoms with E-state index in [0.717, 1.165) is 15.5 Å². The number of hydrogen-bond acceptors (Lipinski definition) is 3. The standard InChI is InChI=1S/C17H17F3N2OS/c1-2-8-22(12-17(18,19)20)16(23)10-14-11-24-15(21-14)9-13-6-4-3-5-7-13/h2-7,11H,1,8-10,12H2. The number of carbonyl (C=O) groups is 1. The number of nitrogens with zero attached hydrogens (tertiary/aromatic N) is 2. The molecule has 1 aromatic carbocycles. The molecule has 0 atom stereocenters. The molecule has 24 heavy (non-hydrogen) atoms. The molecule has 0 unspecified atom stereocenters. The minimum atomic E-state index is -4.43. The van der Waals surface area contributed by atoms with Gasteiger partial charge >= 0.3 is 6.18 Å². The van der Waals surface area contributed by atoms with Crippen LogP contribution in [0, 0.1) is 0 Å². The Balaban J connectivity index is 1.99. The summed E-state index contributed by atoms with van der Waals surface area (Å²) in [4.78, 5) is 17.2. The number of benzene rings is 1. The fourth-order valence-corrected chi connectivity index (χ4v) is 3.00. The number of aromatic nitrogens is 1. The van der Waals surface area contributed by atoms with Crippen LogP contribution < -0.4 is 0 Å². The van der Waals surface area contributed by atoms with E-state index in [4.69, 9.17) is 0 Å². The van der Waals surface area contributed by atoms with Gasteiger partial charge in [0.2, 0.25) is 5.91 Å². The van der Waals surface area contributed by atoms with E-state index in [1.54, 1.807) is 5.38 Å². The highest BCUT2D eigenvalue weighted by molar-refractivity contribution is 7.09. The van der Waals surface area contributed by atoms with E-state index >= 15 is 0 Å². The second kappa shape index (κ2) is 8.10. The lowest BCUT2D eigenvalue weighted by Gasteiger charge is -2.22. The smallest absolute Gasteiger partial charge is 0.330 e. The Labute approximate surface area is 142 Å². The summed E-state index contributed by atoms with van der Waals surface area (Å²) < 4.78 is 37.6. The molecular weight excluding hydrogens is 337 g/mol. The Morgan fingerprint density at radius 2 is 2.00 bits per heavy atom. The summed E-state index contributed by atoms with van der Waals surface area (Å²) in [6.07, 6.45) is -2.65. The highest BCUT2D eigenvalue weighted by atomic mass is 32.1. The van der Waals surface area contributed by atoms with E-state index < -0.39 is 18.6 Å². The van der Waals surface area contributed by atoms with Crippen molar-refractivity contribution in [2.24, 2.45) is 0 Å². The van der Waals surface area contributed by atoms with Gasteiger partial charge in [0, 0.05) is 18.3 Å². The van der Waals surface area contributed by atoms with Crippen molar-refractivity contribution >= 4 is 17.2 Å². The van der Waals surface area contributed by atoms with Crippen LogP contribution in [0.5, 0.6) is 0 Å². The maximum atomic E-state index is 12.5. The number of thiazole rings is 1. The van der Waals surface area contributed by atoms with Crippen molar-refractivity contribution in [2.75, 3.05) is 13.1 Å². The molecule has 1 heterocycles. The SMILES string of the molecule is C=CCN(CC(F)(F)F)C(=O)Cc1csc(Cc2ccccc2)n1. The fraction of sp³-hybridized carbons (Fsp3) is 0.294. The zero-order chi connectivity index (χ0) is 17.6. The molecule has 0 aliphatic carbocycles. The van der Waals surface area contributed by atoms with Crippen molar-refractivity contribution in [3.8, 4) is 0 Å².